The topological polar surface area (TPSA) is 113 Å². The van der Waals surface area contributed by atoms with Gasteiger partial charge in [0.1, 0.15) is 6.04 Å². The van der Waals surface area contributed by atoms with Crippen molar-refractivity contribution in [3.8, 4) is 0 Å². The first-order valence-electron chi connectivity index (χ1n) is 11.8. The number of benzene rings is 1. The highest BCUT2D eigenvalue weighted by atomic mass is 16.2. The van der Waals surface area contributed by atoms with Crippen LogP contribution in [0.15, 0.2) is 18.2 Å². The second-order valence-corrected chi connectivity index (χ2v) is 9.72. The fraction of sp³-hybridized carbons (Fsp3) is 0.583. The van der Waals surface area contributed by atoms with E-state index in [1.54, 1.807) is 12.1 Å². The van der Waals surface area contributed by atoms with Gasteiger partial charge in [-0.3, -0.25) is 34.3 Å². The Kier molecular flexibility index (Phi) is 5.59. The number of likely N-dealkylation sites (tertiary alicyclic amines) is 1. The van der Waals surface area contributed by atoms with Gasteiger partial charge >= 0.3 is 0 Å². The van der Waals surface area contributed by atoms with Crippen LogP contribution in [0, 0.1) is 11.8 Å². The molecule has 0 radical (unpaired) electrons. The van der Waals surface area contributed by atoms with Gasteiger partial charge in [-0.15, -0.1) is 0 Å². The lowest BCUT2D eigenvalue weighted by molar-refractivity contribution is -0.136. The molecule has 3 N–H and O–H groups in total. The van der Waals surface area contributed by atoms with E-state index in [1.807, 2.05) is 6.07 Å². The summed E-state index contributed by atoms with van der Waals surface area (Å²) in [7, 11) is 0. The van der Waals surface area contributed by atoms with Crippen molar-refractivity contribution in [2.75, 3.05) is 13.1 Å². The van der Waals surface area contributed by atoms with Crippen molar-refractivity contribution < 1.29 is 19.2 Å². The third kappa shape index (κ3) is 3.65. The number of piperidine rings is 2. The number of nitrogens with one attached hydrogen (secondary N) is 1. The number of carbonyl (C=O) groups is 4. The first kappa shape index (κ1) is 21.3. The first-order valence-corrected chi connectivity index (χ1v) is 11.8. The Balaban J connectivity index is 1.39. The summed E-state index contributed by atoms with van der Waals surface area (Å²) >= 11 is 0. The zero-order valence-corrected chi connectivity index (χ0v) is 18.2. The average molecular weight is 439 g/mol. The molecule has 0 aromatic heterocycles. The van der Waals surface area contributed by atoms with Gasteiger partial charge in [0.25, 0.3) is 11.8 Å². The Labute approximate surface area is 187 Å². The predicted molar refractivity (Wildman–Crippen MR) is 116 cm³/mol. The predicted octanol–water partition coefficient (Wildman–Crippen LogP) is 1.43. The molecule has 32 heavy (non-hydrogen) atoms. The van der Waals surface area contributed by atoms with E-state index in [1.165, 1.54) is 19.3 Å². The van der Waals surface area contributed by atoms with Gasteiger partial charge in [0.15, 0.2) is 0 Å². The molecule has 1 aromatic rings. The Morgan fingerprint density at radius 1 is 0.938 bits per heavy atom. The molecular formula is C24H30N4O4. The van der Waals surface area contributed by atoms with Crippen LogP contribution in [0.25, 0.3) is 0 Å². The molecule has 3 heterocycles. The van der Waals surface area contributed by atoms with Gasteiger partial charge in [0, 0.05) is 32.1 Å². The van der Waals surface area contributed by atoms with Crippen molar-refractivity contribution in [3.05, 3.63) is 34.9 Å². The molecule has 8 heteroatoms. The summed E-state index contributed by atoms with van der Waals surface area (Å²) in [5.74, 6) is -0.914. The van der Waals surface area contributed by atoms with E-state index in [0.717, 1.165) is 36.4 Å². The molecule has 0 spiro atoms. The number of hydrogen-bond donors (Lipinski definition) is 2. The highest BCUT2D eigenvalue weighted by Crippen LogP contribution is 2.34. The average Bonchev–Trinajstić information content (AvgIpc) is 3.02. The molecule has 3 atom stereocenters. The fourth-order valence-corrected chi connectivity index (χ4v) is 6.01. The molecule has 2 saturated heterocycles. The molecule has 3 unspecified atom stereocenters. The lowest BCUT2D eigenvalue weighted by atomic mass is 9.76. The van der Waals surface area contributed by atoms with Crippen molar-refractivity contribution in [2.24, 2.45) is 17.6 Å². The van der Waals surface area contributed by atoms with Crippen LogP contribution in [0.5, 0.6) is 0 Å². The number of rotatable bonds is 3. The molecule has 3 fully saturated rings. The van der Waals surface area contributed by atoms with Crippen LogP contribution in [0.4, 0.5) is 0 Å². The number of imide groups is 2. The summed E-state index contributed by atoms with van der Waals surface area (Å²) in [6, 6.07) is 4.66. The normalized spacial score (nSPS) is 31.2. The van der Waals surface area contributed by atoms with E-state index in [9.17, 15) is 19.2 Å². The molecule has 5 rings (SSSR count). The van der Waals surface area contributed by atoms with Crippen molar-refractivity contribution in [1.29, 1.82) is 0 Å². The highest BCUT2D eigenvalue weighted by Gasteiger charge is 2.46. The second kappa shape index (κ2) is 8.41. The van der Waals surface area contributed by atoms with Gasteiger partial charge in [-0.05, 0) is 42.7 Å². The minimum atomic E-state index is -0.937. The summed E-state index contributed by atoms with van der Waals surface area (Å²) in [4.78, 5) is 53.7. The van der Waals surface area contributed by atoms with Crippen LogP contribution >= 0.6 is 0 Å². The maximum atomic E-state index is 13.3. The van der Waals surface area contributed by atoms with Gasteiger partial charge in [-0.2, -0.15) is 0 Å². The van der Waals surface area contributed by atoms with Crippen LogP contribution < -0.4 is 11.1 Å². The van der Waals surface area contributed by atoms with Crippen LogP contribution in [-0.4, -0.2) is 58.6 Å². The Hall–Kier alpha value is -2.58. The summed E-state index contributed by atoms with van der Waals surface area (Å²) in [6.07, 6.45) is 6.27. The molecule has 1 saturated carbocycles. The van der Waals surface area contributed by atoms with E-state index >= 15 is 0 Å². The van der Waals surface area contributed by atoms with Crippen LogP contribution in [0.3, 0.4) is 0 Å². The number of nitrogens with two attached hydrogens (primary N) is 1. The fourth-order valence-electron chi connectivity index (χ4n) is 6.01. The smallest absolute Gasteiger partial charge is 0.262 e. The molecular weight excluding hydrogens is 408 g/mol. The quantitative estimate of drug-likeness (QED) is 0.691. The molecule has 2 bridgehead atoms. The van der Waals surface area contributed by atoms with Gasteiger partial charge < -0.3 is 5.73 Å². The van der Waals surface area contributed by atoms with E-state index in [0.29, 0.717) is 29.5 Å². The summed E-state index contributed by atoms with van der Waals surface area (Å²) < 4.78 is 0. The van der Waals surface area contributed by atoms with Gasteiger partial charge in [0.2, 0.25) is 11.8 Å². The van der Waals surface area contributed by atoms with E-state index in [4.69, 9.17) is 5.73 Å². The van der Waals surface area contributed by atoms with Crippen molar-refractivity contribution in [3.63, 3.8) is 0 Å². The van der Waals surface area contributed by atoms with Gasteiger partial charge in [-0.1, -0.05) is 31.4 Å². The second-order valence-electron chi connectivity index (χ2n) is 9.72. The number of carbonyl (C=O) groups excluding carboxylic acids is 4. The molecule has 1 aromatic carbocycles. The van der Waals surface area contributed by atoms with E-state index in [-0.39, 0.29) is 24.8 Å². The highest BCUT2D eigenvalue weighted by molar-refractivity contribution is 6.24. The van der Waals surface area contributed by atoms with Crippen molar-refractivity contribution >= 4 is 23.6 Å². The summed E-state index contributed by atoms with van der Waals surface area (Å²) in [6.45, 7) is 2.39. The van der Waals surface area contributed by atoms with E-state index < -0.39 is 23.8 Å². The minimum Gasteiger partial charge on any atom is -0.327 e. The summed E-state index contributed by atoms with van der Waals surface area (Å²) in [5.41, 5.74) is 8.14. The number of hydrogen-bond acceptors (Lipinski definition) is 6. The Morgan fingerprint density at radius 2 is 1.66 bits per heavy atom. The molecule has 4 amide bonds. The molecule has 4 aliphatic rings. The number of nitrogens with zero attached hydrogens (tertiary/aromatic N) is 2. The largest absolute Gasteiger partial charge is 0.327 e. The van der Waals surface area contributed by atoms with Crippen LogP contribution in [0.2, 0.25) is 0 Å². The molecule has 1 aliphatic carbocycles. The zero-order chi connectivity index (χ0) is 22.4. The monoisotopic (exact) mass is 438 g/mol. The van der Waals surface area contributed by atoms with Crippen LogP contribution in [-0.2, 0) is 16.1 Å². The molecule has 8 nitrogen and oxygen atoms in total. The standard InChI is InChI=1S/C24H30N4O4/c25-21-15-5-2-1-3-6-16(21)13-27(12-15)11-14-7-4-8-17-20(14)24(32)28(23(17)31)18-9-10-19(29)26-22(18)30/h4,7-8,15-16,18,21H,1-3,5-6,9-13,25H2,(H,26,29,30). The van der Waals surface area contributed by atoms with Crippen LogP contribution in [0.1, 0.15) is 71.2 Å². The Bertz CT molecular complexity index is 961. The molecule has 3 aliphatic heterocycles. The lowest BCUT2D eigenvalue weighted by Crippen LogP contribution is -2.54. The SMILES string of the molecule is NC1C2CCCCCC1CN(Cc1cccc3c1C(=O)N(C1CCC(=O)NC1=O)C3=O)C2. The van der Waals surface area contributed by atoms with E-state index in [2.05, 4.69) is 10.2 Å². The van der Waals surface area contributed by atoms with Gasteiger partial charge in [0.05, 0.1) is 11.1 Å². The van der Waals surface area contributed by atoms with Crippen molar-refractivity contribution in [1.82, 2.24) is 15.1 Å². The lowest BCUT2D eigenvalue weighted by Gasteiger charge is -2.44. The third-order valence-corrected chi connectivity index (χ3v) is 7.67. The maximum Gasteiger partial charge on any atom is 0.262 e. The minimum absolute atomic E-state index is 0.119. The summed E-state index contributed by atoms with van der Waals surface area (Å²) in [5, 5.41) is 2.25. The third-order valence-electron chi connectivity index (χ3n) is 7.67. The first-order chi connectivity index (χ1) is 15.4. The Morgan fingerprint density at radius 3 is 2.34 bits per heavy atom. The van der Waals surface area contributed by atoms with Crippen molar-refractivity contribution in [2.45, 2.75) is 63.6 Å². The number of amides is 4. The number of fused-ring (bicyclic) bond motifs is 3. The maximum absolute atomic E-state index is 13.3. The zero-order valence-electron chi connectivity index (χ0n) is 18.2. The molecule has 170 valence electrons. The van der Waals surface area contributed by atoms with Gasteiger partial charge in [-0.25, -0.2) is 0 Å².